The molecule has 0 amide bonds. The summed E-state index contributed by atoms with van der Waals surface area (Å²) in [6.45, 7) is 0.119. The second kappa shape index (κ2) is 21.0. The lowest BCUT2D eigenvalue weighted by Crippen LogP contribution is -2.30. The van der Waals surface area contributed by atoms with E-state index in [1.165, 1.54) is 13.0 Å². The first-order valence-corrected chi connectivity index (χ1v) is 24.3. The highest BCUT2D eigenvalue weighted by atomic mass is 32.2. The highest BCUT2D eigenvalue weighted by molar-refractivity contribution is 7.93. The number of ether oxygens (including phenoxy) is 3. The van der Waals surface area contributed by atoms with Crippen molar-refractivity contribution >= 4 is 77.9 Å². The average Bonchev–Trinajstić information content (AvgIpc) is 3.65. The molecule has 32 heteroatoms. The number of pyridine rings is 2. The lowest BCUT2D eigenvalue weighted by molar-refractivity contribution is -0.275. The molecule has 2 aliphatic heterocycles. The molecular weight excluding hydrogens is 1120 g/mol. The Bertz CT molecular complexity index is 3580. The highest BCUT2D eigenvalue weighted by Crippen LogP contribution is 2.43. The van der Waals surface area contributed by atoms with E-state index >= 15 is 0 Å². The number of carboxylic acids is 1. The van der Waals surface area contributed by atoms with E-state index < -0.39 is 120 Å². The normalized spacial score (nSPS) is 13.5. The number of fused-ring (bicyclic) bond motifs is 4. The fourth-order valence-corrected chi connectivity index (χ4v) is 10.1. The van der Waals surface area contributed by atoms with Crippen LogP contribution in [0.2, 0.25) is 0 Å². The molecule has 0 saturated carbocycles. The minimum atomic E-state index is -5.03. The van der Waals surface area contributed by atoms with Gasteiger partial charge in [0.05, 0.1) is 52.2 Å². The summed E-state index contributed by atoms with van der Waals surface area (Å²) in [6, 6.07) is 16.0. The van der Waals surface area contributed by atoms with Crippen LogP contribution in [-0.4, -0.2) is 74.7 Å². The maximum Gasteiger partial charge on any atom is 0.573 e. The third-order valence-corrected chi connectivity index (χ3v) is 14.2. The summed E-state index contributed by atoms with van der Waals surface area (Å²) < 4.78 is 223. The Hall–Kier alpha value is -8.68. The number of carbonyl (C=O) groups excluding carboxylic acids is 3. The first-order chi connectivity index (χ1) is 36.2. The molecule has 3 N–H and O–H groups in total. The quantitative estimate of drug-likeness (QED) is 0.0473. The van der Waals surface area contributed by atoms with Crippen molar-refractivity contribution < 1.29 is 108 Å². The first-order valence-electron chi connectivity index (χ1n) is 21.4. The van der Waals surface area contributed by atoms with Crippen molar-refractivity contribution in [3.63, 3.8) is 0 Å². The summed E-state index contributed by atoms with van der Waals surface area (Å²) >= 11 is 0. The minimum Gasteiger partial charge on any atom is -0.475 e. The summed E-state index contributed by atoms with van der Waals surface area (Å²) in [5.41, 5.74) is -4.10. The zero-order valence-electron chi connectivity index (χ0n) is 38.6. The number of alkyl halides is 12. The van der Waals surface area contributed by atoms with E-state index in [0.717, 1.165) is 95.3 Å². The molecule has 412 valence electrons. The Morgan fingerprint density at radius 1 is 0.551 bits per heavy atom. The van der Waals surface area contributed by atoms with Crippen molar-refractivity contribution in [2.24, 2.45) is 0 Å². The molecule has 2 aliphatic rings. The van der Waals surface area contributed by atoms with E-state index in [4.69, 9.17) is 5.11 Å². The van der Waals surface area contributed by atoms with Crippen molar-refractivity contribution in [2.75, 3.05) is 25.9 Å². The number of benzene rings is 4. The molecule has 2 aromatic heterocycles. The number of esters is 1. The summed E-state index contributed by atoms with van der Waals surface area (Å²) in [5, 5.41) is 14.3. The summed E-state index contributed by atoms with van der Waals surface area (Å²) in [7, 11) is -9.29. The molecule has 0 bridgehead atoms. The van der Waals surface area contributed by atoms with Gasteiger partial charge in [-0.15, -0.1) is 26.3 Å². The molecule has 0 spiro atoms. The van der Waals surface area contributed by atoms with E-state index in [1.54, 1.807) is 0 Å². The van der Waals surface area contributed by atoms with Crippen molar-refractivity contribution in [1.29, 1.82) is 0 Å². The Morgan fingerprint density at radius 2 is 0.923 bits per heavy atom. The van der Waals surface area contributed by atoms with Crippen LogP contribution in [0.5, 0.6) is 11.5 Å². The average molecular weight is 1150 g/mol. The predicted molar refractivity (Wildman–Crippen MR) is 244 cm³/mol. The van der Waals surface area contributed by atoms with Crippen LogP contribution < -0.4 is 28.7 Å². The summed E-state index contributed by atoms with van der Waals surface area (Å²) in [5.74, 6) is -7.66. The standard InChI is InChI=1S/C24H17F6N3O6S.C22H13F6N3O6S/c1-2-38-22(35)20(34)13-3-9-17-18(11-13)33(12-14-4-10-19(23(25,26)27)32-21(14)31-17)40(36,37)16-7-5-15(6-8-16)39-24(28,29)30;23-21(24,25)17-8-2-12-10-31(38(35,36)14-5-3-13(4-6-14)37-22(26,27)28)16-9-11(18(32)20(33)34)1-7-15(16)29-19(12)30-17/h3-11H,2,12H2,1H3,(H,31,32);1-9H,10H2,(H,29,30)(H,33,34). The highest BCUT2D eigenvalue weighted by Gasteiger charge is 2.39. The summed E-state index contributed by atoms with van der Waals surface area (Å²) in [4.78, 5) is 53.8. The van der Waals surface area contributed by atoms with Gasteiger partial charge < -0.3 is 30.0 Å². The molecule has 0 unspecified atom stereocenters. The van der Waals surface area contributed by atoms with Gasteiger partial charge in [0.25, 0.3) is 31.6 Å². The maximum absolute atomic E-state index is 13.7. The van der Waals surface area contributed by atoms with E-state index in [-0.39, 0.29) is 57.7 Å². The number of nitrogens with zero attached hydrogens (tertiary/aromatic N) is 4. The van der Waals surface area contributed by atoms with Crippen LogP contribution in [0.4, 0.5) is 87.1 Å². The van der Waals surface area contributed by atoms with Crippen LogP contribution >= 0.6 is 0 Å². The molecule has 78 heavy (non-hydrogen) atoms. The van der Waals surface area contributed by atoms with Gasteiger partial charge in [-0.3, -0.25) is 18.2 Å². The zero-order chi connectivity index (χ0) is 57.5. The number of sulfonamides is 2. The van der Waals surface area contributed by atoms with Crippen LogP contribution in [0.25, 0.3) is 0 Å². The van der Waals surface area contributed by atoms with E-state index in [0.29, 0.717) is 16.4 Å². The SMILES string of the molecule is CCOC(=O)C(=O)c1ccc2c(c1)N(S(=O)(=O)c1ccc(OC(F)(F)F)cc1)Cc1ccc(C(F)(F)F)nc1N2.O=C(O)C(=O)c1ccc2c(c1)N(S(=O)(=O)c1ccc(OC(F)(F)F)cc1)Cc1ccc(C(F)(F)F)nc1N2. The third-order valence-electron chi connectivity index (χ3n) is 10.7. The van der Waals surface area contributed by atoms with Crippen molar-refractivity contribution in [1.82, 2.24) is 9.97 Å². The van der Waals surface area contributed by atoms with E-state index in [2.05, 4.69) is 34.8 Å². The molecule has 8 rings (SSSR count). The van der Waals surface area contributed by atoms with Crippen LogP contribution in [0, 0.1) is 0 Å². The Morgan fingerprint density at radius 3 is 1.26 bits per heavy atom. The number of ketones is 2. The van der Waals surface area contributed by atoms with Crippen LogP contribution in [0.3, 0.4) is 0 Å². The van der Waals surface area contributed by atoms with Gasteiger partial charge >= 0.3 is 37.0 Å². The summed E-state index contributed by atoms with van der Waals surface area (Å²) in [6.07, 6.45) is -19.7. The molecule has 0 atom stereocenters. The van der Waals surface area contributed by atoms with Crippen molar-refractivity contribution in [3.05, 3.63) is 143 Å². The van der Waals surface area contributed by atoms with Crippen molar-refractivity contribution in [2.45, 2.75) is 54.9 Å². The number of anilines is 6. The van der Waals surface area contributed by atoms with Gasteiger partial charge in [0.15, 0.2) is 0 Å². The lowest BCUT2D eigenvalue weighted by atomic mass is 10.1. The van der Waals surface area contributed by atoms with Crippen molar-refractivity contribution in [3.8, 4) is 11.5 Å². The number of carboxylic acid groups (broad SMARTS) is 1. The molecule has 0 radical (unpaired) electrons. The maximum atomic E-state index is 13.7. The van der Waals surface area contributed by atoms with Gasteiger partial charge in [-0.25, -0.2) is 36.4 Å². The molecule has 0 saturated heterocycles. The predicted octanol–water partition coefficient (Wildman–Crippen LogP) is 9.92. The second-order valence-electron chi connectivity index (χ2n) is 15.9. The number of hydrogen-bond donors (Lipinski definition) is 3. The van der Waals surface area contributed by atoms with Gasteiger partial charge in [-0.1, -0.05) is 12.1 Å². The molecule has 6 aromatic rings. The number of Topliss-reactive ketones (excluding diaryl/α,β-unsaturated/α-hetero) is 2. The molecule has 4 heterocycles. The Kier molecular flexibility index (Phi) is 15.4. The first kappa shape index (κ1) is 57.0. The molecule has 0 aliphatic carbocycles. The molecule has 4 aromatic carbocycles. The van der Waals surface area contributed by atoms with Crippen LogP contribution in [-0.2, 0) is 59.8 Å². The number of rotatable bonds is 11. The fourth-order valence-electron chi connectivity index (χ4n) is 7.22. The number of aromatic nitrogens is 2. The van der Waals surface area contributed by atoms with Gasteiger partial charge in [0, 0.05) is 22.3 Å². The Balaban J connectivity index is 0.000000226. The molecule has 0 fully saturated rings. The number of carbonyl (C=O) groups is 4. The minimum absolute atomic E-state index is 0.00284. The van der Waals surface area contributed by atoms with Crippen LogP contribution in [0.1, 0.15) is 50.2 Å². The van der Waals surface area contributed by atoms with Gasteiger partial charge in [-0.2, -0.15) is 26.3 Å². The lowest BCUT2D eigenvalue weighted by Gasteiger charge is -2.25. The topological polar surface area (TPSA) is 241 Å². The largest absolute Gasteiger partial charge is 0.573 e. The molecule has 18 nitrogen and oxygen atoms in total. The number of aliphatic carboxylic acids is 1. The third kappa shape index (κ3) is 12.8. The van der Waals surface area contributed by atoms with E-state index in [1.807, 2.05) is 0 Å². The Labute approximate surface area is 429 Å². The van der Waals surface area contributed by atoms with Crippen LogP contribution in [0.15, 0.2) is 119 Å². The number of nitrogens with one attached hydrogen (secondary N) is 2. The zero-order valence-corrected chi connectivity index (χ0v) is 40.2. The number of hydrogen-bond acceptors (Lipinski definition) is 15. The smallest absolute Gasteiger partial charge is 0.475 e. The van der Waals surface area contributed by atoms with E-state index in [9.17, 15) is 88.7 Å². The second-order valence-corrected chi connectivity index (χ2v) is 19.6. The number of halogens is 12. The van der Waals surface area contributed by atoms with Gasteiger partial charge in [-0.05, 0) is 104 Å². The monoisotopic (exact) mass is 1150 g/mol. The van der Waals surface area contributed by atoms with Gasteiger partial charge in [0.2, 0.25) is 0 Å². The molecular formula is C46H30F12N6O12S2. The van der Waals surface area contributed by atoms with Gasteiger partial charge in [0.1, 0.15) is 34.5 Å². The fraction of sp³-hybridized carbons (Fsp3) is 0.174.